The predicted octanol–water partition coefficient (Wildman–Crippen LogP) is 0.561. The van der Waals surface area contributed by atoms with Gasteiger partial charge in [-0.1, -0.05) is 5.21 Å². The molecule has 6 nitrogen and oxygen atoms in total. The number of hydrogen-bond donors (Lipinski definition) is 2. The van der Waals surface area contributed by atoms with E-state index in [0.717, 1.165) is 19.5 Å². The molecule has 0 saturated heterocycles. The second-order valence-corrected chi connectivity index (χ2v) is 5.29. The Balaban J connectivity index is 2.24. The Morgan fingerprint density at radius 2 is 2.22 bits per heavy atom. The van der Waals surface area contributed by atoms with Crippen LogP contribution in [-0.4, -0.2) is 39.0 Å². The third-order valence-corrected chi connectivity index (χ3v) is 2.64. The van der Waals surface area contributed by atoms with Gasteiger partial charge in [0, 0.05) is 31.2 Å². The van der Waals surface area contributed by atoms with Gasteiger partial charge in [-0.3, -0.25) is 9.48 Å². The quantitative estimate of drug-likeness (QED) is 0.745. The van der Waals surface area contributed by atoms with Gasteiger partial charge in [-0.25, -0.2) is 0 Å². The van der Waals surface area contributed by atoms with Crippen LogP contribution in [0.1, 0.15) is 34.1 Å². The molecule has 0 aromatic carbocycles. The van der Waals surface area contributed by atoms with E-state index in [4.69, 9.17) is 0 Å². The van der Waals surface area contributed by atoms with Gasteiger partial charge in [-0.15, -0.1) is 5.10 Å². The normalized spacial score (nSPS) is 13.3. The van der Waals surface area contributed by atoms with Gasteiger partial charge in [-0.2, -0.15) is 0 Å². The minimum atomic E-state index is -0.189. The highest BCUT2D eigenvalue weighted by Crippen LogP contribution is 2.11. The number of rotatable bonds is 7. The molecule has 1 aromatic heterocycles. The lowest BCUT2D eigenvalue weighted by Gasteiger charge is -2.29. The maximum atomic E-state index is 11.1. The van der Waals surface area contributed by atoms with Crippen molar-refractivity contribution in [3.05, 3.63) is 12.4 Å². The van der Waals surface area contributed by atoms with E-state index in [1.807, 2.05) is 20.0 Å². The second-order valence-electron chi connectivity index (χ2n) is 5.29. The zero-order chi connectivity index (χ0) is 13.6. The summed E-state index contributed by atoms with van der Waals surface area (Å²) in [6.07, 6.45) is 4.39. The zero-order valence-corrected chi connectivity index (χ0v) is 11.6. The van der Waals surface area contributed by atoms with Crippen molar-refractivity contribution >= 4 is 5.91 Å². The second kappa shape index (κ2) is 6.49. The molecule has 0 unspecified atom stereocenters. The minimum absolute atomic E-state index is 0.00909. The molecule has 6 heteroatoms. The van der Waals surface area contributed by atoms with Gasteiger partial charge in [0.25, 0.3) is 0 Å². The molecule has 1 atom stereocenters. The number of aromatic nitrogens is 3. The fourth-order valence-electron chi connectivity index (χ4n) is 2.14. The van der Waals surface area contributed by atoms with Crippen molar-refractivity contribution in [3.63, 3.8) is 0 Å². The zero-order valence-electron chi connectivity index (χ0n) is 11.6. The molecule has 0 aliphatic heterocycles. The summed E-state index contributed by atoms with van der Waals surface area (Å²) in [5, 5.41) is 14.0. The van der Waals surface area contributed by atoms with Crippen LogP contribution in [0.3, 0.4) is 0 Å². The Labute approximate surface area is 108 Å². The summed E-state index contributed by atoms with van der Waals surface area (Å²) >= 11 is 0. The average Bonchev–Trinajstić information content (AvgIpc) is 2.66. The molecule has 1 rings (SSSR count). The van der Waals surface area contributed by atoms with Crippen LogP contribution in [0.2, 0.25) is 0 Å². The van der Waals surface area contributed by atoms with Gasteiger partial charge in [-0.05, 0) is 27.2 Å². The Hall–Kier alpha value is -1.43. The molecule has 0 aliphatic carbocycles. The Kier molecular flexibility index (Phi) is 5.27. The van der Waals surface area contributed by atoms with E-state index >= 15 is 0 Å². The lowest BCUT2D eigenvalue weighted by atomic mass is 9.96. The monoisotopic (exact) mass is 253 g/mol. The molecule has 102 valence electrons. The van der Waals surface area contributed by atoms with E-state index in [1.54, 1.807) is 17.8 Å². The highest BCUT2D eigenvalue weighted by atomic mass is 16.1. The first-order chi connectivity index (χ1) is 8.39. The largest absolute Gasteiger partial charge is 0.351 e. The van der Waals surface area contributed by atoms with Crippen LogP contribution >= 0.6 is 0 Å². The standard InChI is InChI=1S/C12H23N5O/c1-10(9-12(3,4)15-11(2)18)13-5-7-17-8-6-14-16-17/h6,8,10,13H,5,7,9H2,1-4H3,(H,15,18)/t10-/m0/s1. The Morgan fingerprint density at radius 1 is 1.50 bits per heavy atom. The molecule has 2 N–H and O–H groups in total. The van der Waals surface area contributed by atoms with Gasteiger partial charge in [0.1, 0.15) is 0 Å². The van der Waals surface area contributed by atoms with Crippen molar-refractivity contribution in [2.24, 2.45) is 0 Å². The first kappa shape index (κ1) is 14.6. The van der Waals surface area contributed by atoms with E-state index in [0.29, 0.717) is 6.04 Å². The first-order valence-electron chi connectivity index (χ1n) is 6.25. The highest BCUT2D eigenvalue weighted by Gasteiger charge is 2.21. The van der Waals surface area contributed by atoms with Crippen LogP contribution in [0.15, 0.2) is 12.4 Å². The predicted molar refractivity (Wildman–Crippen MR) is 70.0 cm³/mol. The van der Waals surface area contributed by atoms with Crippen molar-refractivity contribution < 1.29 is 4.79 Å². The molecule has 18 heavy (non-hydrogen) atoms. The number of amides is 1. The van der Waals surface area contributed by atoms with Crippen LogP contribution in [0.4, 0.5) is 0 Å². The summed E-state index contributed by atoms with van der Waals surface area (Å²) in [4.78, 5) is 11.1. The molecule has 0 saturated carbocycles. The van der Waals surface area contributed by atoms with E-state index in [2.05, 4.69) is 27.9 Å². The number of carbonyl (C=O) groups excluding carboxylic acids is 1. The molecular formula is C12H23N5O. The third-order valence-electron chi connectivity index (χ3n) is 2.64. The summed E-state index contributed by atoms with van der Waals surface area (Å²) in [5.74, 6) is 0.00909. The summed E-state index contributed by atoms with van der Waals surface area (Å²) in [7, 11) is 0. The maximum Gasteiger partial charge on any atom is 0.217 e. The fourth-order valence-corrected chi connectivity index (χ4v) is 2.14. The van der Waals surface area contributed by atoms with E-state index in [-0.39, 0.29) is 11.4 Å². The third kappa shape index (κ3) is 5.77. The minimum Gasteiger partial charge on any atom is -0.351 e. The van der Waals surface area contributed by atoms with Crippen LogP contribution in [0.25, 0.3) is 0 Å². The molecule has 0 spiro atoms. The number of carbonyl (C=O) groups is 1. The molecule has 0 radical (unpaired) electrons. The smallest absolute Gasteiger partial charge is 0.217 e. The van der Waals surface area contributed by atoms with Crippen LogP contribution in [0.5, 0.6) is 0 Å². The summed E-state index contributed by atoms with van der Waals surface area (Å²) < 4.78 is 1.79. The van der Waals surface area contributed by atoms with Crippen LogP contribution in [-0.2, 0) is 11.3 Å². The Bertz CT molecular complexity index is 361. The SMILES string of the molecule is CC(=O)NC(C)(C)C[C@H](C)NCCn1ccnn1. The summed E-state index contributed by atoms with van der Waals surface area (Å²) in [6, 6.07) is 0.329. The molecule has 1 amide bonds. The van der Waals surface area contributed by atoms with Gasteiger partial charge in [0.15, 0.2) is 0 Å². The van der Waals surface area contributed by atoms with Gasteiger partial charge in [0.2, 0.25) is 5.91 Å². The topological polar surface area (TPSA) is 71.8 Å². The molecular weight excluding hydrogens is 230 g/mol. The summed E-state index contributed by atoms with van der Waals surface area (Å²) in [5.41, 5.74) is -0.189. The average molecular weight is 253 g/mol. The number of nitrogens with zero attached hydrogens (tertiary/aromatic N) is 3. The van der Waals surface area contributed by atoms with Gasteiger partial charge in [0.05, 0.1) is 12.7 Å². The van der Waals surface area contributed by atoms with E-state index < -0.39 is 0 Å². The maximum absolute atomic E-state index is 11.1. The van der Waals surface area contributed by atoms with Crippen LogP contribution in [0, 0.1) is 0 Å². The van der Waals surface area contributed by atoms with E-state index in [1.165, 1.54) is 0 Å². The molecule has 0 aliphatic rings. The molecule has 0 bridgehead atoms. The first-order valence-corrected chi connectivity index (χ1v) is 6.25. The lowest BCUT2D eigenvalue weighted by molar-refractivity contribution is -0.120. The number of hydrogen-bond acceptors (Lipinski definition) is 4. The Morgan fingerprint density at radius 3 is 2.78 bits per heavy atom. The van der Waals surface area contributed by atoms with E-state index in [9.17, 15) is 4.79 Å². The molecule has 1 aromatic rings. The molecule has 0 fully saturated rings. The van der Waals surface area contributed by atoms with Crippen molar-refractivity contribution in [1.82, 2.24) is 25.6 Å². The van der Waals surface area contributed by atoms with Crippen molar-refractivity contribution in [2.75, 3.05) is 6.54 Å². The summed E-state index contributed by atoms with van der Waals surface area (Å²) in [6.45, 7) is 9.36. The molecule has 1 heterocycles. The van der Waals surface area contributed by atoms with Crippen molar-refractivity contribution in [3.8, 4) is 0 Å². The van der Waals surface area contributed by atoms with Crippen molar-refractivity contribution in [2.45, 2.75) is 52.2 Å². The number of nitrogens with one attached hydrogen (secondary N) is 2. The highest BCUT2D eigenvalue weighted by molar-refractivity contribution is 5.73. The lowest BCUT2D eigenvalue weighted by Crippen LogP contribution is -2.47. The van der Waals surface area contributed by atoms with Gasteiger partial charge < -0.3 is 10.6 Å². The van der Waals surface area contributed by atoms with Crippen LogP contribution < -0.4 is 10.6 Å². The van der Waals surface area contributed by atoms with Gasteiger partial charge >= 0.3 is 0 Å². The van der Waals surface area contributed by atoms with Crippen molar-refractivity contribution in [1.29, 1.82) is 0 Å². The fraction of sp³-hybridized carbons (Fsp3) is 0.750.